The second kappa shape index (κ2) is 13.2. The summed E-state index contributed by atoms with van der Waals surface area (Å²) in [5.74, 6) is 8.79. The van der Waals surface area contributed by atoms with Crippen molar-refractivity contribution in [3.05, 3.63) is 29.2 Å². The lowest BCUT2D eigenvalue weighted by atomic mass is 10.1. The molecule has 0 unspecified atom stereocenters. The van der Waals surface area contributed by atoms with Crippen LogP contribution in [0.5, 0.6) is 0 Å². The summed E-state index contributed by atoms with van der Waals surface area (Å²) < 4.78 is 33.3. The molecular weight excluding hydrogens is 488 g/mol. The number of hydrazine groups is 2. The van der Waals surface area contributed by atoms with Crippen LogP contribution in [0.4, 0.5) is 14.5 Å². The number of pyridine rings is 1. The molecule has 2 fully saturated rings. The summed E-state index contributed by atoms with van der Waals surface area (Å²) in [6.07, 6.45) is 3.18. The number of hydrogen-bond donors (Lipinski definition) is 5. The summed E-state index contributed by atoms with van der Waals surface area (Å²) in [5, 5.41) is 14.0. The van der Waals surface area contributed by atoms with Crippen LogP contribution in [-0.2, 0) is 16.0 Å². The molecule has 0 atom stereocenters. The number of aliphatic carboxylic acids is 1. The number of halogens is 2. The number of piperidine rings is 1. The molecular formula is C23H39F2N9O3. The molecule has 1 saturated heterocycles. The number of likely N-dealkylation sites (N-methyl/N-ethyl adjacent to an activating group) is 1. The average molecular weight is 528 g/mol. The molecule has 0 amide bonds. The third-order valence-electron chi connectivity index (χ3n) is 5.76. The van der Waals surface area contributed by atoms with Crippen molar-refractivity contribution in [2.75, 3.05) is 38.2 Å². The van der Waals surface area contributed by atoms with Crippen LogP contribution in [-0.4, -0.2) is 71.4 Å². The average Bonchev–Trinajstić information content (AvgIpc) is 3.61. The molecule has 1 aliphatic carbocycles. The van der Waals surface area contributed by atoms with Gasteiger partial charge in [-0.3, -0.25) is 4.79 Å². The maximum absolute atomic E-state index is 13.9. The highest BCUT2D eigenvalue weighted by molar-refractivity contribution is 5.72. The molecule has 208 valence electrons. The number of nitrogens with two attached hydrogens (primary N) is 4. The maximum Gasteiger partial charge on any atom is 0.305 e. The lowest BCUT2D eigenvalue weighted by molar-refractivity contribution is -0.134. The molecule has 1 aromatic heterocycles. The van der Waals surface area contributed by atoms with Gasteiger partial charge >= 0.3 is 6.02 Å². The van der Waals surface area contributed by atoms with Gasteiger partial charge in [-0.2, -0.15) is 0 Å². The molecule has 2 aliphatic rings. The number of amidine groups is 1. The number of ether oxygens (including phenoxy) is 1. The van der Waals surface area contributed by atoms with Gasteiger partial charge in [-0.15, -0.1) is 5.10 Å². The number of carbonyl (C=O) groups is 1. The van der Waals surface area contributed by atoms with Crippen molar-refractivity contribution in [3.8, 4) is 0 Å². The molecule has 0 aromatic carbocycles. The molecule has 0 bridgehead atoms. The lowest BCUT2D eigenvalue weighted by Crippen LogP contribution is -2.43. The largest absolute Gasteiger partial charge is 0.481 e. The van der Waals surface area contributed by atoms with Crippen molar-refractivity contribution in [1.82, 2.24) is 15.1 Å². The summed E-state index contributed by atoms with van der Waals surface area (Å²) in [6.45, 7) is 3.83. The zero-order valence-electron chi connectivity index (χ0n) is 21.7. The topological polar surface area (TPSA) is 186 Å². The molecule has 3 rings (SSSR count). The summed E-state index contributed by atoms with van der Waals surface area (Å²) in [7, 11) is 1.62. The monoisotopic (exact) mass is 527 g/mol. The molecule has 0 spiro atoms. The number of carboxylic acid groups (broad SMARTS) is 1. The molecule has 1 saturated carbocycles. The van der Waals surface area contributed by atoms with Crippen LogP contribution in [0.3, 0.4) is 0 Å². The van der Waals surface area contributed by atoms with Gasteiger partial charge in [0, 0.05) is 26.9 Å². The Balaban J connectivity index is 0.00000112. The second-order valence-corrected chi connectivity index (χ2v) is 9.18. The smallest absolute Gasteiger partial charge is 0.305 e. The van der Waals surface area contributed by atoms with E-state index in [1.807, 2.05) is 6.92 Å². The van der Waals surface area contributed by atoms with Crippen molar-refractivity contribution < 1.29 is 23.4 Å². The number of hydrazone groups is 1. The quantitative estimate of drug-likeness (QED) is 0.135. The van der Waals surface area contributed by atoms with Gasteiger partial charge in [-0.1, -0.05) is 6.92 Å². The van der Waals surface area contributed by atoms with Crippen LogP contribution in [0.1, 0.15) is 50.9 Å². The van der Waals surface area contributed by atoms with Crippen LogP contribution < -0.4 is 28.1 Å². The van der Waals surface area contributed by atoms with Crippen molar-refractivity contribution in [3.63, 3.8) is 0 Å². The minimum absolute atomic E-state index is 0.0470. The molecule has 1 aromatic rings. The number of alkyl halides is 2. The van der Waals surface area contributed by atoms with Crippen LogP contribution in [0.2, 0.25) is 0 Å². The van der Waals surface area contributed by atoms with Crippen molar-refractivity contribution >= 4 is 23.4 Å². The number of hydrogen-bond acceptors (Lipinski definition) is 10. The second-order valence-electron chi connectivity index (χ2n) is 9.18. The van der Waals surface area contributed by atoms with Gasteiger partial charge in [0.1, 0.15) is 6.61 Å². The fourth-order valence-corrected chi connectivity index (χ4v) is 3.78. The summed E-state index contributed by atoms with van der Waals surface area (Å²) in [5.41, 5.74) is 14.8. The molecule has 9 N–H and O–H groups in total. The SMILES string of the molecule is CC(=O)O.CCc1nc(/C(N)=C(\CO/C(N)=N/N(N)CC2CC2)N(C)N)ccc1N1CCCC(F)(F)C1. The Bertz CT molecular complexity index is 980. The molecule has 2 heterocycles. The number of carboxylic acids is 1. The standard InChI is InChI=1S/C21H35F2N9O.C2H4O2/c1-3-15-17(31-10-4-9-21(22,23)13-31)8-7-16(28-15)19(24)18(30(2)26)12-33-20(25)29-32(27)11-14-5-6-14;1-2(3)4/h7-8,14H,3-6,9-13,24,26-27H2,1-2H3,(H2,25,29);1H3,(H,3,4)/b19-18-;. The van der Waals surface area contributed by atoms with Crippen molar-refractivity contribution in [2.45, 2.75) is 51.9 Å². The van der Waals surface area contributed by atoms with Crippen LogP contribution in [0.25, 0.3) is 5.70 Å². The fraction of sp³-hybridized carbons (Fsp3) is 0.609. The number of anilines is 1. The predicted molar refractivity (Wildman–Crippen MR) is 138 cm³/mol. The number of aromatic nitrogens is 1. The highest BCUT2D eigenvalue weighted by atomic mass is 19.3. The van der Waals surface area contributed by atoms with E-state index in [1.165, 1.54) is 10.1 Å². The summed E-state index contributed by atoms with van der Waals surface area (Å²) >= 11 is 0. The van der Waals surface area contributed by atoms with Crippen LogP contribution in [0, 0.1) is 5.92 Å². The van der Waals surface area contributed by atoms with Gasteiger partial charge in [0.05, 0.1) is 41.6 Å². The Labute approximate surface area is 215 Å². The molecule has 1 aliphatic heterocycles. The zero-order chi connectivity index (χ0) is 27.8. The first-order chi connectivity index (χ1) is 17.3. The normalized spacial score (nSPS) is 17.8. The van der Waals surface area contributed by atoms with E-state index in [0.717, 1.165) is 19.8 Å². The van der Waals surface area contributed by atoms with Crippen molar-refractivity contribution in [2.24, 2.45) is 34.2 Å². The Kier molecular flexibility index (Phi) is 10.7. The van der Waals surface area contributed by atoms with Crippen molar-refractivity contribution in [1.29, 1.82) is 0 Å². The Morgan fingerprint density at radius 2 is 1.97 bits per heavy atom. The number of aryl methyl sites for hydroxylation is 1. The third-order valence-corrected chi connectivity index (χ3v) is 5.76. The van der Waals surface area contributed by atoms with E-state index in [0.29, 0.717) is 60.3 Å². The van der Waals surface area contributed by atoms with E-state index in [2.05, 4.69) is 10.1 Å². The predicted octanol–water partition coefficient (Wildman–Crippen LogP) is 1.24. The zero-order valence-corrected chi connectivity index (χ0v) is 21.7. The fourth-order valence-electron chi connectivity index (χ4n) is 3.78. The Hall–Kier alpha value is -3.39. The number of nitrogens with zero attached hydrogens (tertiary/aromatic N) is 5. The molecule has 0 radical (unpaired) electrons. The molecule has 37 heavy (non-hydrogen) atoms. The Morgan fingerprint density at radius 3 is 2.51 bits per heavy atom. The summed E-state index contributed by atoms with van der Waals surface area (Å²) in [6, 6.07) is 3.38. The van der Waals surface area contributed by atoms with Crippen LogP contribution in [0.15, 0.2) is 22.9 Å². The minimum Gasteiger partial charge on any atom is -0.481 e. The molecule has 12 nitrogen and oxygen atoms in total. The third kappa shape index (κ3) is 9.88. The van der Waals surface area contributed by atoms with E-state index >= 15 is 0 Å². The van der Waals surface area contributed by atoms with Gasteiger partial charge in [0.15, 0.2) is 0 Å². The first-order valence-corrected chi connectivity index (χ1v) is 12.1. The Morgan fingerprint density at radius 1 is 1.32 bits per heavy atom. The van der Waals surface area contributed by atoms with Gasteiger partial charge in [0.25, 0.3) is 11.9 Å². The highest BCUT2D eigenvalue weighted by Crippen LogP contribution is 2.32. The van der Waals surface area contributed by atoms with Gasteiger partial charge in [-0.25, -0.2) is 30.6 Å². The first-order valence-electron chi connectivity index (χ1n) is 12.1. The van der Waals surface area contributed by atoms with Gasteiger partial charge < -0.3 is 31.2 Å². The minimum atomic E-state index is -2.70. The lowest BCUT2D eigenvalue weighted by Gasteiger charge is -2.35. The maximum atomic E-state index is 13.9. The van der Waals surface area contributed by atoms with Crippen LogP contribution >= 0.6 is 0 Å². The van der Waals surface area contributed by atoms with E-state index in [4.69, 9.17) is 37.8 Å². The van der Waals surface area contributed by atoms with E-state index < -0.39 is 11.9 Å². The van der Waals surface area contributed by atoms with E-state index in [1.54, 1.807) is 24.1 Å². The van der Waals surface area contributed by atoms with Gasteiger partial charge in [0.2, 0.25) is 0 Å². The van der Waals surface area contributed by atoms with E-state index in [9.17, 15) is 8.78 Å². The molecule has 14 heteroatoms. The number of rotatable bonds is 9. The summed E-state index contributed by atoms with van der Waals surface area (Å²) in [4.78, 5) is 15.3. The van der Waals surface area contributed by atoms with E-state index in [-0.39, 0.29) is 25.6 Å². The van der Waals surface area contributed by atoms with Gasteiger partial charge in [-0.05, 0) is 43.7 Å². The highest BCUT2D eigenvalue weighted by Gasteiger charge is 2.36. The first kappa shape index (κ1) is 29.8.